The van der Waals surface area contributed by atoms with Crippen molar-refractivity contribution in [1.82, 2.24) is 10.2 Å². The number of ether oxygens (including phenoxy) is 1. The summed E-state index contributed by atoms with van der Waals surface area (Å²) < 4.78 is 5.43. The highest BCUT2D eigenvalue weighted by Crippen LogP contribution is 2.21. The zero-order valence-corrected chi connectivity index (χ0v) is 11.7. The molecule has 2 unspecified atom stereocenters. The van der Waals surface area contributed by atoms with Crippen LogP contribution in [-0.2, 0) is 4.74 Å². The highest BCUT2D eigenvalue weighted by molar-refractivity contribution is 5.89. The molecule has 1 aromatic carbocycles. The van der Waals surface area contributed by atoms with Crippen LogP contribution in [0.25, 0.3) is 0 Å². The molecule has 0 aliphatic carbocycles. The minimum atomic E-state index is -0.297. The standard InChI is InChI=1S/C15H19N3O2/c1-10(13-9-14(16)18-17-13)8-11(2)20-15(19)12-6-4-3-5-7-12/h3-7,9-11H,8H2,1-2H3,(H3,16,17,18). The molecule has 0 amide bonds. The number of nitrogen functional groups attached to an aromatic ring is 1. The fourth-order valence-electron chi connectivity index (χ4n) is 2.10. The molecule has 2 atom stereocenters. The Morgan fingerprint density at radius 3 is 2.65 bits per heavy atom. The fraction of sp³-hybridized carbons (Fsp3) is 0.333. The fourth-order valence-corrected chi connectivity index (χ4v) is 2.10. The number of carbonyl (C=O) groups excluding carboxylic acids is 1. The molecule has 0 aliphatic heterocycles. The zero-order chi connectivity index (χ0) is 14.5. The van der Waals surface area contributed by atoms with Gasteiger partial charge in [0.2, 0.25) is 0 Å². The Bertz CT molecular complexity index is 566. The Balaban J connectivity index is 1.89. The van der Waals surface area contributed by atoms with Gasteiger partial charge in [0.15, 0.2) is 0 Å². The van der Waals surface area contributed by atoms with Crippen molar-refractivity contribution in [1.29, 1.82) is 0 Å². The van der Waals surface area contributed by atoms with Crippen molar-refractivity contribution in [2.24, 2.45) is 0 Å². The van der Waals surface area contributed by atoms with Crippen LogP contribution in [0.4, 0.5) is 5.82 Å². The minimum Gasteiger partial charge on any atom is -0.459 e. The van der Waals surface area contributed by atoms with E-state index in [2.05, 4.69) is 10.2 Å². The number of hydrogen-bond donors (Lipinski definition) is 2. The Kier molecular flexibility index (Phi) is 4.40. The number of nitrogens with one attached hydrogen (secondary N) is 1. The van der Waals surface area contributed by atoms with E-state index in [1.165, 1.54) is 0 Å². The number of nitrogens with zero attached hydrogens (tertiary/aromatic N) is 1. The second-order valence-corrected chi connectivity index (χ2v) is 4.97. The van der Waals surface area contributed by atoms with E-state index >= 15 is 0 Å². The molecule has 20 heavy (non-hydrogen) atoms. The lowest BCUT2D eigenvalue weighted by Crippen LogP contribution is -2.17. The molecule has 2 aromatic rings. The minimum absolute atomic E-state index is 0.178. The van der Waals surface area contributed by atoms with Gasteiger partial charge in [-0.15, -0.1) is 0 Å². The van der Waals surface area contributed by atoms with Crippen LogP contribution in [-0.4, -0.2) is 22.3 Å². The first-order chi connectivity index (χ1) is 9.56. The second-order valence-electron chi connectivity index (χ2n) is 4.97. The number of carbonyl (C=O) groups is 1. The Labute approximate surface area is 118 Å². The van der Waals surface area contributed by atoms with Crippen LogP contribution in [0.3, 0.4) is 0 Å². The van der Waals surface area contributed by atoms with E-state index in [0.29, 0.717) is 17.8 Å². The molecule has 0 spiro atoms. The number of H-pyrrole nitrogens is 1. The van der Waals surface area contributed by atoms with E-state index in [4.69, 9.17) is 10.5 Å². The van der Waals surface area contributed by atoms with E-state index in [1.54, 1.807) is 18.2 Å². The topological polar surface area (TPSA) is 81.0 Å². The SMILES string of the molecule is CC(CC(C)c1cc(N)n[nH]1)OC(=O)c1ccccc1. The van der Waals surface area contributed by atoms with Crippen LogP contribution < -0.4 is 5.73 Å². The maximum atomic E-state index is 11.9. The first kappa shape index (κ1) is 14.1. The van der Waals surface area contributed by atoms with Crippen molar-refractivity contribution in [3.63, 3.8) is 0 Å². The van der Waals surface area contributed by atoms with Gasteiger partial charge < -0.3 is 10.5 Å². The van der Waals surface area contributed by atoms with E-state index < -0.39 is 0 Å². The van der Waals surface area contributed by atoms with Crippen LogP contribution in [0.1, 0.15) is 42.2 Å². The summed E-state index contributed by atoms with van der Waals surface area (Å²) in [6, 6.07) is 10.8. The molecule has 2 rings (SSSR count). The summed E-state index contributed by atoms with van der Waals surface area (Å²) in [7, 11) is 0. The number of rotatable bonds is 5. The zero-order valence-electron chi connectivity index (χ0n) is 11.7. The Hall–Kier alpha value is -2.30. The lowest BCUT2D eigenvalue weighted by molar-refractivity contribution is 0.0312. The molecule has 5 heteroatoms. The lowest BCUT2D eigenvalue weighted by atomic mass is 10.0. The number of esters is 1. The number of hydrogen-bond acceptors (Lipinski definition) is 4. The molecule has 0 aliphatic rings. The third-order valence-electron chi connectivity index (χ3n) is 3.15. The summed E-state index contributed by atoms with van der Waals surface area (Å²) in [4.78, 5) is 11.9. The second kappa shape index (κ2) is 6.23. The van der Waals surface area contributed by atoms with E-state index in [-0.39, 0.29) is 18.0 Å². The van der Waals surface area contributed by atoms with E-state index in [1.807, 2.05) is 32.0 Å². The van der Waals surface area contributed by atoms with Crippen LogP contribution in [0, 0.1) is 0 Å². The number of aromatic nitrogens is 2. The van der Waals surface area contributed by atoms with Gasteiger partial charge >= 0.3 is 5.97 Å². The maximum absolute atomic E-state index is 11.9. The van der Waals surface area contributed by atoms with Crippen molar-refractivity contribution in [2.75, 3.05) is 5.73 Å². The number of nitrogens with two attached hydrogens (primary N) is 1. The molecule has 0 fully saturated rings. The predicted octanol–water partition coefficient (Wildman–Crippen LogP) is 2.73. The van der Waals surface area contributed by atoms with Gasteiger partial charge in [0.25, 0.3) is 0 Å². The molecule has 5 nitrogen and oxygen atoms in total. The van der Waals surface area contributed by atoms with Crippen LogP contribution in [0.15, 0.2) is 36.4 Å². The van der Waals surface area contributed by atoms with Crippen LogP contribution in [0.5, 0.6) is 0 Å². The average Bonchev–Trinajstić information content (AvgIpc) is 2.86. The average molecular weight is 273 g/mol. The van der Waals surface area contributed by atoms with Gasteiger partial charge in [0.1, 0.15) is 5.82 Å². The molecule has 0 saturated heterocycles. The molecule has 106 valence electrons. The lowest BCUT2D eigenvalue weighted by Gasteiger charge is -2.17. The highest BCUT2D eigenvalue weighted by Gasteiger charge is 2.17. The van der Waals surface area contributed by atoms with Gasteiger partial charge in [0.05, 0.1) is 11.7 Å². The van der Waals surface area contributed by atoms with Gasteiger partial charge in [-0.05, 0) is 25.5 Å². The number of anilines is 1. The van der Waals surface area contributed by atoms with Crippen LogP contribution >= 0.6 is 0 Å². The first-order valence-corrected chi connectivity index (χ1v) is 6.63. The van der Waals surface area contributed by atoms with Crippen LogP contribution in [0.2, 0.25) is 0 Å². The summed E-state index contributed by atoms with van der Waals surface area (Å²) in [6.45, 7) is 3.93. The molecular formula is C15H19N3O2. The Morgan fingerprint density at radius 2 is 2.05 bits per heavy atom. The summed E-state index contributed by atoms with van der Waals surface area (Å²) >= 11 is 0. The van der Waals surface area contributed by atoms with Gasteiger partial charge in [-0.3, -0.25) is 5.10 Å². The van der Waals surface area contributed by atoms with Crippen molar-refractivity contribution < 1.29 is 9.53 Å². The maximum Gasteiger partial charge on any atom is 0.338 e. The van der Waals surface area contributed by atoms with Crippen molar-refractivity contribution in [3.8, 4) is 0 Å². The van der Waals surface area contributed by atoms with Crippen molar-refractivity contribution >= 4 is 11.8 Å². The predicted molar refractivity (Wildman–Crippen MR) is 77.4 cm³/mol. The summed E-state index contributed by atoms with van der Waals surface area (Å²) in [5.74, 6) is 0.369. The molecular weight excluding hydrogens is 254 g/mol. The van der Waals surface area contributed by atoms with Gasteiger partial charge in [0, 0.05) is 17.7 Å². The molecule has 0 saturated carbocycles. The smallest absolute Gasteiger partial charge is 0.338 e. The van der Waals surface area contributed by atoms with Gasteiger partial charge in [-0.25, -0.2) is 4.79 Å². The third-order valence-corrected chi connectivity index (χ3v) is 3.15. The molecule has 1 heterocycles. The number of aromatic amines is 1. The van der Waals surface area contributed by atoms with E-state index in [0.717, 1.165) is 5.69 Å². The molecule has 3 N–H and O–H groups in total. The number of benzene rings is 1. The van der Waals surface area contributed by atoms with E-state index in [9.17, 15) is 4.79 Å². The molecule has 1 aromatic heterocycles. The highest BCUT2D eigenvalue weighted by atomic mass is 16.5. The monoisotopic (exact) mass is 273 g/mol. The summed E-state index contributed by atoms with van der Waals surface area (Å²) in [6.07, 6.45) is 0.530. The third kappa shape index (κ3) is 3.60. The summed E-state index contributed by atoms with van der Waals surface area (Å²) in [5.41, 5.74) is 7.09. The largest absolute Gasteiger partial charge is 0.459 e. The molecule has 0 bridgehead atoms. The van der Waals surface area contributed by atoms with Gasteiger partial charge in [-0.2, -0.15) is 5.10 Å². The Morgan fingerprint density at radius 1 is 1.35 bits per heavy atom. The molecule has 0 radical (unpaired) electrons. The first-order valence-electron chi connectivity index (χ1n) is 6.63. The van der Waals surface area contributed by atoms with Crippen molar-refractivity contribution in [2.45, 2.75) is 32.3 Å². The summed E-state index contributed by atoms with van der Waals surface area (Å²) in [5, 5.41) is 6.78. The van der Waals surface area contributed by atoms with Gasteiger partial charge in [-0.1, -0.05) is 25.1 Å². The van der Waals surface area contributed by atoms with Crippen molar-refractivity contribution in [3.05, 3.63) is 47.7 Å². The normalized spacial score (nSPS) is 13.7. The quantitative estimate of drug-likeness (QED) is 0.821.